The summed E-state index contributed by atoms with van der Waals surface area (Å²) in [5, 5.41) is 3.80. The zero-order chi connectivity index (χ0) is 13.7. The van der Waals surface area contributed by atoms with Crippen LogP contribution in [-0.4, -0.2) is 48.8 Å². The minimum absolute atomic E-state index is 0.389. The van der Waals surface area contributed by atoms with Gasteiger partial charge in [0.2, 0.25) is 0 Å². The van der Waals surface area contributed by atoms with Crippen molar-refractivity contribution in [2.24, 2.45) is 0 Å². The fourth-order valence-electron chi connectivity index (χ4n) is 3.52. The van der Waals surface area contributed by atoms with Crippen molar-refractivity contribution < 1.29 is 4.74 Å². The molecule has 0 aromatic carbocycles. The maximum Gasteiger partial charge on any atom is 0.0674 e. The molecule has 3 atom stereocenters. The molecule has 1 aliphatic heterocycles. The lowest BCUT2D eigenvalue weighted by atomic mass is 9.95. The summed E-state index contributed by atoms with van der Waals surface area (Å²) in [6.07, 6.45) is 8.61. The quantitative estimate of drug-likeness (QED) is 0.830. The first-order chi connectivity index (χ1) is 9.20. The molecule has 1 saturated carbocycles. The van der Waals surface area contributed by atoms with Crippen LogP contribution in [0.4, 0.5) is 0 Å². The van der Waals surface area contributed by atoms with Crippen LogP contribution < -0.4 is 5.32 Å². The van der Waals surface area contributed by atoms with Gasteiger partial charge in [-0.3, -0.25) is 4.90 Å². The molecular weight excluding hydrogens is 236 g/mol. The standard InChI is InChI=1S/C16H32N2O/c1-4-16-12-19-14(3)11-18(16)13(2)10-17-15-8-6-5-7-9-15/h13-17H,4-12H2,1-3H3. The van der Waals surface area contributed by atoms with Gasteiger partial charge in [0.25, 0.3) is 0 Å². The van der Waals surface area contributed by atoms with Gasteiger partial charge in [0.05, 0.1) is 12.7 Å². The smallest absolute Gasteiger partial charge is 0.0674 e. The van der Waals surface area contributed by atoms with Crippen molar-refractivity contribution in [1.29, 1.82) is 0 Å². The average Bonchev–Trinajstić information content (AvgIpc) is 2.46. The number of morpholine rings is 1. The van der Waals surface area contributed by atoms with E-state index in [0.717, 1.165) is 25.7 Å². The van der Waals surface area contributed by atoms with Gasteiger partial charge < -0.3 is 10.1 Å². The van der Waals surface area contributed by atoms with Crippen LogP contribution in [0.25, 0.3) is 0 Å². The van der Waals surface area contributed by atoms with Crippen LogP contribution >= 0.6 is 0 Å². The summed E-state index contributed by atoms with van der Waals surface area (Å²) in [5.74, 6) is 0. The van der Waals surface area contributed by atoms with Gasteiger partial charge in [0.1, 0.15) is 0 Å². The maximum atomic E-state index is 5.79. The normalized spacial score (nSPS) is 32.4. The van der Waals surface area contributed by atoms with Crippen molar-refractivity contribution in [3.05, 3.63) is 0 Å². The highest BCUT2D eigenvalue weighted by atomic mass is 16.5. The molecule has 0 aromatic rings. The third kappa shape index (κ3) is 4.44. The van der Waals surface area contributed by atoms with Gasteiger partial charge in [0.15, 0.2) is 0 Å². The van der Waals surface area contributed by atoms with Crippen molar-refractivity contribution in [3.8, 4) is 0 Å². The van der Waals surface area contributed by atoms with Gasteiger partial charge in [-0.25, -0.2) is 0 Å². The van der Waals surface area contributed by atoms with E-state index in [9.17, 15) is 0 Å². The summed E-state index contributed by atoms with van der Waals surface area (Å²) >= 11 is 0. The van der Waals surface area contributed by atoms with E-state index >= 15 is 0 Å². The fraction of sp³-hybridized carbons (Fsp3) is 1.00. The first-order valence-electron chi connectivity index (χ1n) is 8.31. The van der Waals surface area contributed by atoms with E-state index in [-0.39, 0.29) is 0 Å². The molecule has 0 radical (unpaired) electrons. The summed E-state index contributed by atoms with van der Waals surface area (Å²) in [6.45, 7) is 9.97. The van der Waals surface area contributed by atoms with Gasteiger partial charge in [0, 0.05) is 31.2 Å². The Hall–Kier alpha value is -0.120. The number of nitrogens with one attached hydrogen (secondary N) is 1. The molecule has 1 aliphatic carbocycles. The summed E-state index contributed by atoms with van der Waals surface area (Å²) in [6, 6.07) is 2.01. The Kier molecular flexibility index (Phi) is 6.11. The maximum absolute atomic E-state index is 5.79. The van der Waals surface area contributed by atoms with Crippen LogP contribution in [0.1, 0.15) is 59.3 Å². The number of hydrogen-bond acceptors (Lipinski definition) is 3. The second kappa shape index (κ2) is 7.61. The molecule has 3 heteroatoms. The highest BCUT2D eigenvalue weighted by molar-refractivity contribution is 4.84. The van der Waals surface area contributed by atoms with E-state index in [1.165, 1.54) is 38.5 Å². The Labute approximate surface area is 119 Å². The molecule has 0 aromatic heterocycles. The molecule has 112 valence electrons. The van der Waals surface area contributed by atoms with Crippen LogP contribution in [0.2, 0.25) is 0 Å². The lowest BCUT2D eigenvalue weighted by molar-refractivity contribution is -0.0698. The van der Waals surface area contributed by atoms with Crippen molar-refractivity contribution in [2.75, 3.05) is 19.7 Å². The molecule has 1 saturated heterocycles. The second-order valence-corrected chi connectivity index (χ2v) is 6.50. The molecule has 0 spiro atoms. The van der Waals surface area contributed by atoms with E-state index in [1.54, 1.807) is 0 Å². The monoisotopic (exact) mass is 268 g/mol. The van der Waals surface area contributed by atoms with Crippen LogP contribution in [0.5, 0.6) is 0 Å². The zero-order valence-electron chi connectivity index (χ0n) is 13.0. The molecule has 1 heterocycles. The fourth-order valence-corrected chi connectivity index (χ4v) is 3.52. The Balaban J connectivity index is 1.77. The molecule has 0 amide bonds. The lowest BCUT2D eigenvalue weighted by Crippen LogP contribution is -2.55. The molecule has 3 nitrogen and oxygen atoms in total. The van der Waals surface area contributed by atoms with E-state index in [2.05, 4.69) is 31.0 Å². The highest BCUT2D eigenvalue weighted by Gasteiger charge is 2.29. The van der Waals surface area contributed by atoms with Crippen LogP contribution in [0.15, 0.2) is 0 Å². The summed E-state index contributed by atoms with van der Waals surface area (Å²) in [4.78, 5) is 2.66. The molecule has 2 rings (SSSR count). The second-order valence-electron chi connectivity index (χ2n) is 6.50. The number of ether oxygens (including phenoxy) is 1. The first-order valence-corrected chi connectivity index (χ1v) is 8.31. The van der Waals surface area contributed by atoms with Crippen LogP contribution in [-0.2, 0) is 4.74 Å². The number of nitrogens with zero attached hydrogens (tertiary/aromatic N) is 1. The summed E-state index contributed by atoms with van der Waals surface area (Å²) in [5.41, 5.74) is 0. The van der Waals surface area contributed by atoms with Crippen LogP contribution in [0, 0.1) is 0 Å². The molecule has 1 N–H and O–H groups in total. The van der Waals surface area contributed by atoms with Gasteiger partial charge in [-0.15, -0.1) is 0 Å². The van der Waals surface area contributed by atoms with Crippen LogP contribution in [0.3, 0.4) is 0 Å². The topological polar surface area (TPSA) is 24.5 Å². The summed E-state index contributed by atoms with van der Waals surface area (Å²) in [7, 11) is 0. The number of rotatable bonds is 5. The van der Waals surface area contributed by atoms with E-state index in [4.69, 9.17) is 4.74 Å². The Morgan fingerprint density at radius 3 is 2.68 bits per heavy atom. The van der Waals surface area contributed by atoms with E-state index < -0.39 is 0 Å². The Morgan fingerprint density at radius 1 is 1.26 bits per heavy atom. The predicted molar refractivity (Wildman–Crippen MR) is 80.5 cm³/mol. The lowest BCUT2D eigenvalue weighted by Gasteiger charge is -2.42. The average molecular weight is 268 g/mol. The molecule has 19 heavy (non-hydrogen) atoms. The molecule has 2 fully saturated rings. The van der Waals surface area contributed by atoms with Crippen molar-refractivity contribution >= 4 is 0 Å². The minimum Gasteiger partial charge on any atom is -0.376 e. The van der Waals surface area contributed by atoms with E-state index in [1.807, 2.05) is 0 Å². The molecule has 0 bridgehead atoms. The van der Waals surface area contributed by atoms with Gasteiger partial charge in [-0.1, -0.05) is 26.2 Å². The number of hydrogen-bond donors (Lipinski definition) is 1. The Bertz CT molecular complexity index is 253. The van der Waals surface area contributed by atoms with Gasteiger partial charge >= 0.3 is 0 Å². The minimum atomic E-state index is 0.389. The predicted octanol–water partition coefficient (Wildman–Crippen LogP) is 2.80. The summed E-state index contributed by atoms with van der Waals surface area (Å²) < 4.78 is 5.79. The largest absolute Gasteiger partial charge is 0.376 e. The molecular formula is C16H32N2O. The van der Waals surface area contributed by atoms with E-state index in [0.29, 0.717) is 18.2 Å². The third-order valence-electron chi connectivity index (χ3n) is 4.85. The first kappa shape index (κ1) is 15.3. The van der Waals surface area contributed by atoms with Crippen molar-refractivity contribution in [2.45, 2.75) is 83.5 Å². The zero-order valence-corrected chi connectivity index (χ0v) is 13.0. The SMILES string of the molecule is CCC1COC(C)CN1C(C)CNC1CCCCC1. The Morgan fingerprint density at radius 2 is 2.00 bits per heavy atom. The van der Waals surface area contributed by atoms with Gasteiger partial charge in [-0.05, 0) is 33.1 Å². The molecule has 2 aliphatic rings. The van der Waals surface area contributed by atoms with Crippen molar-refractivity contribution in [3.63, 3.8) is 0 Å². The highest BCUT2D eigenvalue weighted by Crippen LogP contribution is 2.19. The third-order valence-corrected chi connectivity index (χ3v) is 4.85. The van der Waals surface area contributed by atoms with Crippen molar-refractivity contribution in [1.82, 2.24) is 10.2 Å². The molecule has 3 unspecified atom stereocenters. The van der Waals surface area contributed by atoms with Gasteiger partial charge in [-0.2, -0.15) is 0 Å².